The van der Waals surface area contributed by atoms with Crippen molar-refractivity contribution in [2.45, 2.75) is 25.7 Å². The van der Waals surface area contributed by atoms with Crippen LogP contribution in [-0.4, -0.2) is 52.9 Å². The van der Waals surface area contributed by atoms with Crippen LogP contribution in [0.5, 0.6) is 0 Å². The molecule has 0 aromatic carbocycles. The molecule has 2 aliphatic heterocycles. The van der Waals surface area contributed by atoms with E-state index in [1.165, 1.54) is 0 Å². The van der Waals surface area contributed by atoms with Crippen molar-refractivity contribution in [3.63, 3.8) is 0 Å². The van der Waals surface area contributed by atoms with Gasteiger partial charge in [0.25, 0.3) is 0 Å². The zero-order chi connectivity index (χ0) is 15.4. The third-order valence-corrected chi connectivity index (χ3v) is 4.37. The Morgan fingerprint density at radius 3 is 2.64 bits per heavy atom. The number of hydrogen-bond acceptors (Lipinski definition) is 3. The molecule has 2 saturated heterocycles. The molecule has 1 atom stereocenters. The number of nitrogens with one attached hydrogen (secondary N) is 1. The molecule has 0 spiro atoms. The standard InChI is InChI=1S/C16H22N4O2/c21-15(18-14-6-3-7-17-11-14)13-5-4-10-20(12-13)16(22)19-8-1-2-9-19/h3,6-7,11,13H,1-2,4-5,8-10,12H2,(H,18,21)/t13-/m1/s1. The van der Waals surface area contributed by atoms with Crippen LogP contribution >= 0.6 is 0 Å². The number of likely N-dealkylation sites (tertiary alicyclic amines) is 2. The van der Waals surface area contributed by atoms with Crippen molar-refractivity contribution in [2.75, 3.05) is 31.5 Å². The van der Waals surface area contributed by atoms with E-state index >= 15 is 0 Å². The van der Waals surface area contributed by atoms with Crippen molar-refractivity contribution in [1.29, 1.82) is 0 Å². The highest BCUT2D eigenvalue weighted by atomic mass is 16.2. The summed E-state index contributed by atoms with van der Waals surface area (Å²) >= 11 is 0. The lowest BCUT2D eigenvalue weighted by Gasteiger charge is -2.34. The highest BCUT2D eigenvalue weighted by Gasteiger charge is 2.31. The molecule has 6 heteroatoms. The normalized spacial score (nSPS) is 21.7. The molecule has 2 fully saturated rings. The Balaban J connectivity index is 1.57. The van der Waals surface area contributed by atoms with Crippen LogP contribution in [0, 0.1) is 5.92 Å². The van der Waals surface area contributed by atoms with E-state index < -0.39 is 0 Å². The van der Waals surface area contributed by atoms with Gasteiger partial charge in [0, 0.05) is 32.4 Å². The maximum Gasteiger partial charge on any atom is 0.320 e. The number of anilines is 1. The number of aromatic nitrogens is 1. The number of carbonyl (C=O) groups excluding carboxylic acids is 2. The molecule has 118 valence electrons. The van der Waals surface area contributed by atoms with Gasteiger partial charge >= 0.3 is 6.03 Å². The first-order valence-corrected chi connectivity index (χ1v) is 7.99. The molecule has 3 rings (SSSR count). The van der Waals surface area contributed by atoms with Gasteiger partial charge in [-0.15, -0.1) is 0 Å². The fraction of sp³-hybridized carbons (Fsp3) is 0.562. The molecule has 3 heterocycles. The summed E-state index contributed by atoms with van der Waals surface area (Å²) in [4.78, 5) is 32.5. The van der Waals surface area contributed by atoms with Gasteiger partial charge in [-0.2, -0.15) is 0 Å². The van der Waals surface area contributed by atoms with E-state index in [1.54, 1.807) is 18.5 Å². The maximum atomic E-state index is 12.4. The van der Waals surface area contributed by atoms with Gasteiger partial charge in [-0.1, -0.05) is 0 Å². The number of piperidine rings is 1. The van der Waals surface area contributed by atoms with Crippen LogP contribution in [-0.2, 0) is 4.79 Å². The maximum absolute atomic E-state index is 12.4. The van der Waals surface area contributed by atoms with Gasteiger partial charge in [0.1, 0.15) is 0 Å². The Labute approximate surface area is 130 Å². The van der Waals surface area contributed by atoms with E-state index in [0.717, 1.165) is 45.3 Å². The van der Waals surface area contributed by atoms with Crippen LogP contribution in [0.2, 0.25) is 0 Å². The summed E-state index contributed by atoms with van der Waals surface area (Å²) in [7, 11) is 0. The minimum absolute atomic E-state index is 0.0214. The van der Waals surface area contributed by atoms with Crippen molar-refractivity contribution in [3.8, 4) is 0 Å². The molecule has 6 nitrogen and oxygen atoms in total. The second-order valence-corrected chi connectivity index (χ2v) is 5.99. The van der Waals surface area contributed by atoms with Crippen LogP contribution in [0.15, 0.2) is 24.5 Å². The number of pyridine rings is 1. The summed E-state index contributed by atoms with van der Waals surface area (Å²) in [5.41, 5.74) is 0.704. The van der Waals surface area contributed by atoms with Crippen molar-refractivity contribution in [2.24, 2.45) is 5.92 Å². The van der Waals surface area contributed by atoms with Gasteiger partial charge in [0.2, 0.25) is 5.91 Å². The van der Waals surface area contributed by atoms with Crippen LogP contribution in [0.3, 0.4) is 0 Å². The second-order valence-electron chi connectivity index (χ2n) is 5.99. The molecule has 1 aromatic rings. The topological polar surface area (TPSA) is 65.5 Å². The van der Waals surface area contributed by atoms with E-state index in [1.807, 2.05) is 15.9 Å². The van der Waals surface area contributed by atoms with Gasteiger partial charge in [-0.25, -0.2) is 4.79 Å². The van der Waals surface area contributed by atoms with E-state index in [0.29, 0.717) is 12.2 Å². The Bertz CT molecular complexity index is 528. The van der Waals surface area contributed by atoms with Crippen LogP contribution in [0.25, 0.3) is 0 Å². The molecule has 0 saturated carbocycles. The zero-order valence-corrected chi connectivity index (χ0v) is 12.7. The third kappa shape index (κ3) is 3.37. The quantitative estimate of drug-likeness (QED) is 0.908. The number of carbonyl (C=O) groups is 2. The molecule has 2 aliphatic rings. The number of hydrogen-bond donors (Lipinski definition) is 1. The summed E-state index contributed by atoms with van der Waals surface area (Å²) in [6.07, 6.45) is 7.19. The fourth-order valence-corrected chi connectivity index (χ4v) is 3.15. The third-order valence-electron chi connectivity index (χ3n) is 4.37. The molecule has 0 aliphatic carbocycles. The van der Waals surface area contributed by atoms with Gasteiger partial charge in [-0.05, 0) is 37.8 Å². The Morgan fingerprint density at radius 2 is 1.91 bits per heavy atom. The second kappa shape index (κ2) is 6.77. The SMILES string of the molecule is O=C(Nc1cccnc1)[C@@H]1CCCN(C(=O)N2CCCC2)C1. The monoisotopic (exact) mass is 302 g/mol. The molecule has 0 radical (unpaired) electrons. The molecule has 3 amide bonds. The van der Waals surface area contributed by atoms with E-state index in [2.05, 4.69) is 10.3 Å². The van der Waals surface area contributed by atoms with Crippen LogP contribution in [0.4, 0.5) is 10.5 Å². The lowest BCUT2D eigenvalue weighted by Crippen LogP contribution is -2.48. The van der Waals surface area contributed by atoms with E-state index in [9.17, 15) is 9.59 Å². The summed E-state index contributed by atoms with van der Waals surface area (Å²) in [5, 5.41) is 2.89. The first-order valence-electron chi connectivity index (χ1n) is 7.99. The van der Waals surface area contributed by atoms with Crippen molar-refractivity contribution in [3.05, 3.63) is 24.5 Å². The summed E-state index contributed by atoms with van der Waals surface area (Å²) in [5.74, 6) is -0.160. The molecule has 0 unspecified atom stereocenters. The highest BCUT2D eigenvalue weighted by Crippen LogP contribution is 2.21. The number of amides is 3. The summed E-state index contributed by atoms with van der Waals surface area (Å²) in [6, 6.07) is 3.71. The average Bonchev–Trinajstić information content (AvgIpc) is 3.09. The highest BCUT2D eigenvalue weighted by molar-refractivity contribution is 5.93. The van der Waals surface area contributed by atoms with Gasteiger partial charge in [0.15, 0.2) is 0 Å². The summed E-state index contributed by atoms with van der Waals surface area (Å²) < 4.78 is 0. The minimum Gasteiger partial charge on any atom is -0.325 e. The smallest absolute Gasteiger partial charge is 0.320 e. The molecule has 1 N–H and O–H groups in total. The molecular formula is C16H22N4O2. The minimum atomic E-state index is -0.138. The number of rotatable bonds is 2. The van der Waals surface area contributed by atoms with Crippen LogP contribution < -0.4 is 5.32 Å². The lowest BCUT2D eigenvalue weighted by atomic mass is 9.97. The van der Waals surface area contributed by atoms with E-state index in [4.69, 9.17) is 0 Å². The lowest BCUT2D eigenvalue weighted by molar-refractivity contribution is -0.121. The average molecular weight is 302 g/mol. The molecule has 22 heavy (non-hydrogen) atoms. The number of urea groups is 1. The van der Waals surface area contributed by atoms with Crippen LogP contribution in [0.1, 0.15) is 25.7 Å². The Kier molecular flexibility index (Phi) is 4.56. The number of nitrogens with zero attached hydrogens (tertiary/aromatic N) is 3. The largest absolute Gasteiger partial charge is 0.325 e. The summed E-state index contributed by atoms with van der Waals surface area (Å²) in [6.45, 7) is 2.97. The fourth-order valence-electron chi connectivity index (χ4n) is 3.15. The Hall–Kier alpha value is -2.11. The zero-order valence-electron chi connectivity index (χ0n) is 12.7. The van der Waals surface area contributed by atoms with Crippen molar-refractivity contribution in [1.82, 2.24) is 14.8 Å². The van der Waals surface area contributed by atoms with Gasteiger partial charge in [-0.3, -0.25) is 9.78 Å². The van der Waals surface area contributed by atoms with Crippen molar-refractivity contribution < 1.29 is 9.59 Å². The predicted octanol–water partition coefficient (Wildman–Crippen LogP) is 1.95. The molecule has 0 bridgehead atoms. The first-order chi connectivity index (χ1) is 10.7. The first kappa shape index (κ1) is 14.8. The van der Waals surface area contributed by atoms with Gasteiger partial charge in [0.05, 0.1) is 17.8 Å². The van der Waals surface area contributed by atoms with Gasteiger partial charge < -0.3 is 15.1 Å². The molecule has 1 aromatic heterocycles. The Morgan fingerprint density at radius 1 is 1.14 bits per heavy atom. The van der Waals surface area contributed by atoms with Crippen molar-refractivity contribution >= 4 is 17.6 Å². The van der Waals surface area contributed by atoms with E-state index in [-0.39, 0.29) is 17.9 Å². The molecular weight excluding hydrogens is 280 g/mol. The predicted molar refractivity (Wildman–Crippen MR) is 83.4 cm³/mol.